The molecule has 0 aromatic rings. The third-order valence-corrected chi connectivity index (χ3v) is 12.7. The quantitative estimate of drug-likeness (QED) is 0.0236. The summed E-state index contributed by atoms with van der Waals surface area (Å²) < 4.78 is 33.6. The molecule has 10 heteroatoms. The number of phosphoric ester groups is 1. The van der Waals surface area contributed by atoms with E-state index in [1.165, 1.54) is 193 Å². The Balaban J connectivity index is 4.04. The van der Waals surface area contributed by atoms with Gasteiger partial charge in [0.15, 0.2) is 0 Å². The summed E-state index contributed by atoms with van der Waals surface area (Å²) in [6, 6.07) is 0. The Labute approximate surface area is 395 Å². The number of hydrogen-bond donors (Lipinski definition) is 3. The summed E-state index contributed by atoms with van der Waals surface area (Å²) in [6.45, 7) is 3.55. The van der Waals surface area contributed by atoms with Gasteiger partial charge in [0, 0.05) is 13.0 Å². The molecule has 0 heterocycles. The number of carbonyl (C=O) groups is 1. The Kier molecular flexibility index (Phi) is 50.0. The van der Waals surface area contributed by atoms with Crippen LogP contribution in [0.1, 0.15) is 258 Å². The maximum absolute atomic E-state index is 12.7. The van der Waals surface area contributed by atoms with Crippen LogP contribution in [0.15, 0.2) is 36.5 Å². The molecule has 0 rings (SSSR count). The monoisotopic (exact) mass is 927 g/mol. The minimum Gasteiger partial charge on any atom is -0.457 e. The number of carbonyl (C=O) groups excluding carboxylic acids is 1. The average Bonchev–Trinajstić information content (AvgIpc) is 3.29. The second-order valence-electron chi connectivity index (χ2n) is 18.2. The topological polar surface area (TPSA) is 132 Å². The van der Waals surface area contributed by atoms with Gasteiger partial charge >= 0.3 is 13.8 Å². The van der Waals surface area contributed by atoms with Crippen molar-refractivity contribution >= 4 is 13.8 Å². The fourth-order valence-electron chi connectivity index (χ4n) is 7.68. The molecule has 0 aliphatic carbocycles. The van der Waals surface area contributed by atoms with Gasteiger partial charge in [0.1, 0.15) is 12.2 Å². The highest BCUT2D eigenvalue weighted by molar-refractivity contribution is 7.47. The molecule has 0 aromatic heterocycles. The predicted molar refractivity (Wildman–Crippen MR) is 270 cm³/mol. The first kappa shape index (κ1) is 62.7. The van der Waals surface area contributed by atoms with E-state index in [0.717, 1.165) is 44.9 Å². The second kappa shape index (κ2) is 51.1. The van der Waals surface area contributed by atoms with Gasteiger partial charge in [-0.15, -0.1) is 0 Å². The first-order chi connectivity index (χ1) is 31.3. The highest BCUT2D eigenvalue weighted by Gasteiger charge is 2.26. The Morgan fingerprint density at radius 1 is 0.484 bits per heavy atom. The summed E-state index contributed by atoms with van der Waals surface area (Å²) >= 11 is 0. The molecule has 0 aliphatic rings. The van der Waals surface area contributed by atoms with Crippen molar-refractivity contribution in [1.82, 2.24) is 0 Å². The molecule has 0 amide bonds. The molecule has 0 saturated heterocycles. The van der Waals surface area contributed by atoms with Crippen LogP contribution in [-0.4, -0.2) is 66.3 Å². The number of phosphoric acid groups is 1. The number of allylic oxidation sites excluding steroid dienone is 6. The lowest BCUT2D eigenvalue weighted by atomic mass is 10.0. The normalized spacial score (nSPS) is 14.0. The maximum Gasteiger partial charge on any atom is 0.472 e. The lowest BCUT2D eigenvalue weighted by Gasteiger charge is -2.20. The molecule has 9 nitrogen and oxygen atoms in total. The fraction of sp³-hybridized carbons (Fsp3) is 0.870. The number of rotatable bonds is 52. The van der Waals surface area contributed by atoms with Gasteiger partial charge in [-0.25, -0.2) is 4.57 Å². The number of aliphatic hydroxyl groups excluding tert-OH is 2. The number of esters is 1. The highest BCUT2D eigenvalue weighted by atomic mass is 31.2. The summed E-state index contributed by atoms with van der Waals surface area (Å²) in [7, 11) is -4.52. The van der Waals surface area contributed by atoms with Crippen molar-refractivity contribution in [2.75, 3.05) is 33.0 Å². The van der Waals surface area contributed by atoms with Gasteiger partial charge in [0.25, 0.3) is 0 Å². The first-order valence-electron chi connectivity index (χ1n) is 27.0. The van der Waals surface area contributed by atoms with Gasteiger partial charge in [-0.3, -0.25) is 13.8 Å². The molecule has 0 aliphatic heterocycles. The van der Waals surface area contributed by atoms with Crippen LogP contribution in [0, 0.1) is 0 Å². The number of hydrogen-bond acceptors (Lipinski definition) is 8. The van der Waals surface area contributed by atoms with Crippen LogP contribution in [-0.2, 0) is 27.9 Å². The molecule has 3 atom stereocenters. The van der Waals surface area contributed by atoms with Crippen LogP contribution < -0.4 is 0 Å². The molecular weight excluding hydrogens is 824 g/mol. The largest absolute Gasteiger partial charge is 0.472 e. The molecule has 0 spiro atoms. The van der Waals surface area contributed by atoms with Crippen LogP contribution in [0.2, 0.25) is 0 Å². The number of aliphatic hydroxyl groups is 2. The van der Waals surface area contributed by atoms with Crippen LogP contribution in [0.4, 0.5) is 0 Å². The van der Waals surface area contributed by atoms with Gasteiger partial charge in [0.05, 0.1) is 26.4 Å². The fourth-order valence-corrected chi connectivity index (χ4v) is 8.47. The van der Waals surface area contributed by atoms with E-state index < -0.39 is 33.2 Å². The van der Waals surface area contributed by atoms with E-state index in [1.807, 2.05) is 0 Å². The molecule has 0 saturated carbocycles. The summed E-state index contributed by atoms with van der Waals surface area (Å²) in [5.74, 6) is -0.381. The Morgan fingerprint density at radius 3 is 1.27 bits per heavy atom. The molecule has 0 bridgehead atoms. The summed E-state index contributed by atoms with van der Waals surface area (Å²) in [6.07, 6.45) is 58.3. The van der Waals surface area contributed by atoms with E-state index >= 15 is 0 Å². The molecule has 0 aromatic carbocycles. The molecule has 64 heavy (non-hydrogen) atoms. The minimum atomic E-state index is -4.52. The van der Waals surface area contributed by atoms with Crippen LogP contribution >= 0.6 is 7.82 Å². The van der Waals surface area contributed by atoms with Crippen molar-refractivity contribution in [3.05, 3.63) is 36.5 Å². The standard InChI is InChI=1S/C54H103O9P/c1-3-5-7-9-11-13-15-17-19-21-23-25-26-27-28-30-32-34-36-38-40-42-44-46-54(57)63-53(51-62-64(58,59)61-49-52(56)48-55)50-60-47-45-43-41-39-37-35-33-31-29-24-22-20-18-16-14-12-10-8-6-4-2/h15,17-18,20-21,23,52-53,55-56H,3-14,16,19,22,24-51H2,1-2H3,(H,58,59)/b17-15-,20-18-,23-21-. The predicted octanol–water partition coefficient (Wildman–Crippen LogP) is 15.9. The lowest BCUT2D eigenvalue weighted by Crippen LogP contribution is -2.29. The van der Waals surface area contributed by atoms with Crippen molar-refractivity contribution in [3.63, 3.8) is 0 Å². The van der Waals surface area contributed by atoms with Gasteiger partial charge < -0.3 is 24.6 Å². The molecule has 0 radical (unpaired) electrons. The Hall–Kier alpha value is -1.32. The molecule has 378 valence electrons. The van der Waals surface area contributed by atoms with E-state index in [2.05, 4.69) is 50.3 Å². The second-order valence-corrected chi connectivity index (χ2v) is 19.7. The Bertz CT molecular complexity index is 1100. The van der Waals surface area contributed by atoms with E-state index in [4.69, 9.17) is 23.6 Å². The van der Waals surface area contributed by atoms with Crippen molar-refractivity contribution < 1.29 is 43.0 Å². The van der Waals surface area contributed by atoms with E-state index in [9.17, 15) is 19.4 Å². The van der Waals surface area contributed by atoms with Crippen LogP contribution in [0.25, 0.3) is 0 Å². The lowest BCUT2D eigenvalue weighted by molar-refractivity contribution is -0.154. The molecule has 3 unspecified atom stereocenters. The van der Waals surface area contributed by atoms with Crippen molar-refractivity contribution in [2.45, 2.75) is 270 Å². The summed E-state index contributed by atoms with van der Waals surface area (Å²) in [4.78, 5) is 22.7. The third-order valence-electron chi connectivity index (χ3n) is 11.8. The molecule has 3 N–H and O–H groups in total. The van der Waals surface area contributed by atoms with Crippen molar-refractivity contribution in [3.8, 4) is 0 Å². The zero-order chi connectivity index (χ0) is 46.7. The van der Waals surface area contributed by atoms with E-state index in [1.54, 1.807) is 0 Å². The van der Waals surface area contributed by atoms with Crippen molar-refractivity contribution in [1.29, 1.82) is 0 Å². The minimum absolute atomic E-state index is 0.0498. The SMILES string of the molecule is CCCCCCC/C=C\C/C=C\CCCCCCCCCCCCCC(=O)OC(COCCCCCCCCCCCC/C=C\CCCCCCCC)COP(=O)(O)OCC(O)CO. The average molecular weight is 927 g/mol. The molecular formula is C54H103O9P. The smallest absolute Gasteiger partial charge is 0.457 e. The maximum atomic E-state index is 12.7. The first-order valence-corrected chi connectivity index (χ1v) is 28.5. The van der Waals surface area contributed by atoms with Gasteiger partial charge in [-0.1, -0.05) is 217 Å². The molecule has 0 fully saturated rings. The Morgan fingerprint density at radius 2 is 0.844 bits per heavy atom. The van der Waals surface area contributed by atoms with Gasteiger partial charge in [-0.05, 0) is 70.6 Å². The number of ether oxygens (including phenoxy) is 2. The summed E-state index contributed by atoms with van der Waals surface area (Å²) in [5.41, 5.74) is 0. The van der Waals surface area contributed by atoms with E-state index in [-0.39, 0.29) is 25.6 Å². The van der Waals surface area contributed by atoms with Gasteiger partial charge in [-0.2, -0.15) is 0 Å². The van der Waals surface area contributed by atoms with Gasteiger partial charge in [0.2, 0.25) is 0 Å². The number of unbranched alkanes of at least 4 members (excludes halogenated alkanes) is 32. The highest BCUT2D eigenvalue weighted by Crippen LogP contribution is 2.43. The van der Waals surface area contributed by atoms with Crippen LogP contribution in [0.3, 0.4) is 0 Å². The zero-order valence-corrected chi connectivity index (χ0v) is 42.7. The van der Waals surface area contributed by atoms with E-state index in [0.29, 0.717) is 6.61 Å². The van der Waals surface area contributed by atoms with Crippen molar-refractivity contribution in [2.24, 2.45) is 0 Å². The third kappa shape index (κ3) is 50.1. The summed E-state index contributed by atoms with van der Waals surface area (Å²) in [5, 5.41) is 18.4. The van der Waals surface area contributed by atoms with Crippen LogP contribution in [0.5, 0.6) is 0 Å². The zero-order valence-electron chi connectivity index (χ0n) is 41.8.